The molecule has 2 fully saturated rings. The van der Waals surface area contributed by atoms with Crippen LogP contribution in [0.25, 0.3) is 0 Å². The molecule has 3 heterocycles. The molecule has 0 N–H and O–H groups in total. The summed E-state index contributed by atoms with van der Waals surface area (Å²) < 4.78 is 55.1. The lowest BCUT2D eigenvalue weighted by Gasteiger charge is -2.37. The highest BCUT2D eigenvalue weighted by Gasteiger charge is 2.33. The zero-order valence-electron chi connectivity index (χ0n) is 24.0. The molecular formula is C28H36N4O9S. The third-order valence-electron chi connectivity index (χ3n) is 7.68. The van der Waals surface area contributed by atoms with Gasteiger partial charge in [-0.2, -0.15) is 4.31 Å². The maximum atomic E-state index is 13.4. The molecule has 0 aromatic heterocycles. The van der Waals surface area contributed by atoms with Gasteiger partial charge in [-0.1, -0.05) is 6.07 Å². The molecule has 2 amide bonds. The van der Waals surface area contributed by atoms with Crippen molar-refractivity contribution >= 4 is 27.5 Å². The van der Waals surface area contributed by atoms with Gasteiger partial charge in [0.25, 0.3) is 5.91 Å². The first kappa shape index (κ1) is 29.9. The Labute approximate surface area is 245 Å². The summed E-state index contributed by atoms with van der Waals surface area (Å²) in [6.45, 7) is 3.51. The first-order chi connectivity index (χ1) is 20.3. The Morgan fingerprint density at radius 2 is 1.62 bits per heavy atom. The maximum absolute atomic E-state index is 13.4. The number of anilines is 1. The minimum absolute atomic E-state index is 0.0399. The Morgan fingerprint density at radius 1 is 0.905 bits per heavy atom. The fourth-order valence-electron chi connectivity index (χ4n) is 5.37. The molecule has 0 bridgehead atoms. The van der Waals surface area contributed by atoms with E-state index in [9.17, 15) is 18.0 Å². The number of carbonyl (C=O) groups is 2. The second-order valence-corrected chi connectivity index (χ2v) is 12.0. The van der Waals surface area contributed by atoms with Gasteiger partial charge in [0.2, 0.25) is 21.7 Å². The molecule has 14 heteroatoms. The Balaban J connectivity index is 1.25. The van der Waals surface area contributed by atoms with Gasteiger partial charge >= 0.3 is 0 Å². The first-order valence-electron chi connectivity index (χ1n) is 13.7. The number of nitrogens with zero attached hydrogens (tertiary/aromatic N) is 4. The van der Waals surface area contributed by atoms with Crippen LogP contribution in [0.15, 0.2) is 35.2 Å². The van der Waals surface area contributed by atoms with E-state index in [0.717, 1.165) is 5.56 Å². The molecule has 0 aliphatic carbocycles. The average Bonchev–Trinajstić information content (AvgIpc) is 3.02. The van der Waals surface area contributed by atoms with Crippen molar-refractivity contribution in [3.63, 3.8) is 0 Å². The second-order valence-electron chi connectivity index (χ2n) is 10.1. The predicted molar refractivity (Wildman–Crippen MR) is 152 cm³/mol. The van der Waals surface area contributed by atoms with Crippen LogP contribution in [-0.4, -0.2) is 121 Å². The number of benzene rings is 2. The molecule has 0 radical (unpaired) electrons. The number of morpholine rings is 1. The molecule has 0 saturated carbocycles. The van der Waals surface area contributed by atoms with Crippen LogP contribution in [0.4, 0.5) is 5.69 Å². The van der Waals surface area contributed by atoms with E-state index < -0.39 is 15.9 Å². The summed E-state index contributed by atoms with van der Waals surface area (Å²) in [7, 11) is 0.928. The fraction of sp³-hybridized carbons (Fsp3) is 0.500. The van der Waals surface area contributed by atoms with Crippen LogP contribution in [0.1, 0.15) is 5.56 Å². The van der Waals surface area contributed by atoms with E-state index in [0.29, 0.717) is 68.9 Å². The minimum atomic E-state index is -3.80. The van der Waals surface area contributed by atoms with Crippen molar-refractivity contribution in [2.75, 3.05) is 91.9 Å². The van der Waals surface area contributed by atoms with E-state index in [4.69, 9.17) is 23.7 Å². The van der Waals surface area contributed by atoms with Crippen LogP contribution in [0.3, 0.4) is 0 Å². The van der Waals surface area contributed by atoms with E-state index >= 15 is 0 Å². The van der Waals surface area contributed by atoms with E-state index in [2.05, 4.69) is 4.90 Å². The number of ether oxygens (including phenoxy) is 5. The minimum Gasteiger partial charge on any atom is -0.493 e. The maximum Gasteiger partial charge on any atom is 0.265 e. The molecule has 0 atom stereocenters. The molecule has 13 nitrogen and oxygen atoms in total. The quantitative estimate of drug-likeness (QED) is 0.406. The SMILES string of the molecule is COc1ccc(CN2CCN(C(=O)CN3C(=O)COc4ccc(S(=O)(=O)N5CCOCC5)cc43)CC2)c(OC)c1OC. The zero-order chi connectivity index (χ0) is 29.9. The summed E-state index contributed by atoms with van der Waals surface area (Å²) in [5, 5.41) is 0. The summed E-state index contributed by atoms with van der Waals surface area (Å²) in [5.41, 5.74) is 1.21. The highest BCUT2D eigenvalue weighted by Crippen LogP contribution is 2.40. The summed E-state index contributed by atoms with van der Waals surface area (Å²) >= 11 is 0. The van der Waals surface area contributed by atoms with Gasteiger partial charge in [0.15, 0.2) is 18.1 Å². The number of hydrogen-bond donors (Lipinski definition) is 0. The number of piperazine rings is 1. The predicted octanol–water partition coefficient (Wildman–Crippen LogP) is 0.803. The Kier molecular flexibility index (Phi) is 9.06. The van der Waals surface area contributed by atoms with Crippen LogP contribution in [0, 0.1) is 0 Å². The van der Waals surface area contributed by atoms with Crippen LogP contribution in [-0.2, 0) is 30.9 Å². The van der Waals surface area contributed by atoms with Crippen molar-refractivity contribution in [3.05, 3.63) is 35.9 Å². The summed E-state index contributed by atoms with van der Waals surface area (Å²) in [4.78, 5) is 31.5. The molecule has 42 heavy (non-hydrogen) atoms. The number of hydrogen-bond acceptors (Lipinski definition) is 10. The van der Waals surface area contributed by atoms with E-state index in [-0.39, 0.29) is 42.7 Å². The molecule has 0 spiro atoms. The summed E-state index contributed by atoms with van der Waals surface area (Å²) in [6.07, 6.45) is 0. The third-order valence-corrected chi connectivity index (χ3v) is 9.57. The second kappa shape index (κ2) is 12.7. The van der Waals surface area contributed by atoms with Crippen molar-refractivity contribution < 1.29 is 41.7 Å². The number of fused-ring (bicyclic) bond motifs is 1. The van der Waals surface area contributed by atoms with Crippen LogP contribution < -0.4 is 23.8 Å². The van der Waals surface area contributed by atoms with Gasteiger partial charge < -0.3 is 28.6 Å². The van der Waals surface area contributed by atoms with Crippen LogP contribution >= 0.6 is 0 Å². The average molecular weight is 605 g/mol. The normalized spacial score (nSPS) is 18.3. The highest BCUT2D eigenvalue weighted by atomic mass is 32.2. The molecule has 2 aromatic rings. The number of sulfonamides is 1. The molecule has 2 aromatic carbocycles. The number of methoxy groups -OCH3 is 3. The number of rotatable bonds is 9. The molecule has 0 unspecified atom stereocenters. The molecular weight excluding hydrogens is 568 g/mol. The number of amides is 2. The van der Waals surface area contributed by atoms with Crippen molar-refractivity contribution in [1.82, 2.24) is 14.1 Å². The molecule has 2 saturated heterocycles. The van der Waals surface area contributed by atoms with Crippen molar-refractivity contribution in [1.29, 1.82) is 0 Å². The molecule has 3 aliphatic heterocycles. The Bertz CT molecular complexity index is 1420. The van der Waals surface area contributed by atoms with Crippen LogP contribution in [0.2, 0.25) is 0 Å². The fourth-order valence-corrected chi connectivity index (χ4v) is 6.80. The van der Waals surface area contributed by atoms with Crippen molar-refractivity contribution in [2.45, 2.75) is 11.4 Å². The molecule has 5 rings (SSSR count). The third kappa shape index (κ3) is 5.98. The first-order valence-corrected chi connectivity index (χ1v) is 15.1. The monoisotopic (exact) mass is 604 g/mol. The van der Waals surface area contributed by atoms with Gasteiger partial charge in [0, 0.05) is 51.4 Å². The van der Waals surface area contributed by atoms with Crippen LogP contribution in [0.5, 0.6) is 23.0 Å². The van der Waals surface area contributed by atoms with Gasteiger partial charge in [0.05, 0.1) is 45.1 Å². The van der Waals surface area contributed by atoms with Gasteiger partial charge in [0.1, 0.15) is 12.3 Å². The molecule has 228 valence electrons. The van der Waals surface area contributed by atoms with E-state index in [1.807, 2.05) is 12.1 Å². The topological polar surface area (TPSA) is 127 Å². The lowest BCUT2D eigenvalue weighted by atomic mass is 10.1. The van der Waals surface area contributed by atoms with E-state index in [1.54, 1.807) is 26.2 Å². The summed E-state index contributed by atoms with van der Waals surface area (Å²) in [6, 6.07) is 8.19. The largest absolute Gasteiger partial charge is 0.493 e. The Hall–Kier alpha value is -3.59. The smallest absolute Gasteiger partial charge is 0.265 e. The molecule has 3 aliphatic rings. The lowest BCUT2D eigenvalue weighted by molar-refractivity contribution is -0.133. The Morgan fingerprint density at radius 3 is 2.29 bits per heavy atom. The standard InChI is InChI=1S/C28H36N4O9S/c1-37-24-6-4-20(27(38-2)28(24)39-3)17-29-8-10-30(11-9-29)25(33)18-32-22-16-21(5-7-23(22)41-19-26(32)34)42(35,36)31-12-14-40-15-13-31/h4-7,16H,8-15,17-19H2,1-3H3. The zero-order valence-corrected chi connectivity index (χ0v) is 24.9. The number of carbonyl (C=O) groups excluding carboxylic acids is 2. The van der Waals surface area contributed by atoms with Crippen molar-refractivity contribution in [2.24, 2.45) is 0 Å². The van der Waals surface area contributed by atoms with E-state index in [1.165, 1.54) is 27.4 Å². The van der Waals surface area contributed by atoms with Crippen molar-refractivity contribution in [3.8, 4) is 23.0 Å². The van der Waals surface area contributed by atoms with Gasteiger partial charge in [-0.25, -0.2) is 8.42 Å². The van der Waals surface area contributed by atoms with Gasteiger partial charge in [-0.15, -0.1) is 0 Å². The lowest BCUT2D eigenvalue weighted by Crippen LogP contribution is -2.52. The summed E-state index contributed by atoms with van der Waals surface area (Å²) in [5.74, 6) is 1.45. The van der Waals surface area contributed by atoms with Gasteiger partial charge in [-0.3, -0.25) is 19.4 Å². The van der Waals surface area contributed by atoms with Gasteiger partial charge in [-0.05, 0) is 24.3 Å². The highest BCUT2D eigenvalue weighted by molar-refractivity contribution is 7.89.